The average molecular weight is 301 g/mol. The van der Waals surface area contributed by atoms with E-state index < -0.39 is 0 Å². The lowest BCUT2D eigenvalue weighted by atomic mass is 10.1. The predicted molar refractivity (Wildman–Crippen MR) is 95.5 cm³/mol. The van der Waals surface area contributed by atoms with Crippen LogP contribution in [0.2, 0.25) is 0 Å². The maximum Gasteiger partial charge on any atom is 0.143 e. The molecule has 0 bridgehead atoms. The summed E-state index contributed by atoms with van der Waals surface area (Å²) in [5.41, 5.74) is 5.47. The average Bonchev–Trinajstić information content (AvgIpc) is 2.99. The molecule has 0 aliphatic heterocycles. The van der Waals surface area contributed by atoms with Crippen LogP contribution in [0.25, 0.3) is 33.3 Å². The van der Waals surface area contributed by atoms with E-state index in [1.807, 2.05) is 6.07 Å². The van der Waals surface area contributed by atoms with Crippen LogP contribution >= 0.6 is 0 Å². The number of hydrogen-bond donors (Lipinski definition) is 0. The molecule has 0 aliphatic carbocycles. The molecule has 4 rings (SSSR count). The second kappa shape index (κ2) is 5.51. The maximum atomic E-state index is 4.88. The molecular formula is C20H19N3. The monoisotopic (exact) mass is 301 g/mol. The van der Waals surface area contributed by atoms with Gasteiger partial charge in [0.1, 0.15) is 5.82 Å². The Morgan fingerprint density at radius 3 is 2.57 bits per heavy atom. The normalized spacial score (nSPS) is 11.4. The Balaban J connectivity index is 2.06. The van der Waals surface area contributed by atoms with E-state index in [0.29, 0.717) is 0 Å². The molecule has 0 atom stereocenters. The van der Waals surface area contributed by atoms with Gasteiger partial charge >= 0.3 is 0 Å². The van der Waals surface area contributed by atoms with E-state index in [4.69, 9.17) is 9.97 Å². The number of fused-ring (bicyclic) bond motifs is 2. The van der Waals surface area contributed by atoms with Crippen molar-refractivity contribution in [1.29, 1.82) is 0 Å². The highest BCUT2D eigenvalue weighted by Gasteiger charge is 2.14. The number of aryl methyl sites for hydroxylation is 2. The number of hydrogen-bond acceptors (Lipinski definition) is 2. The third kappa shape index (κ3) is 2.20. The molecule has 23 heavy (non-hydrogen) atoms. The van der Waals surface area contributed by atoms with Crippen molar-refractivity contribution in [2.75, 3.05) is 0 Å². The lowest BCUT2D eigenvalue weighted by Gasteiger charge is -2.09. The van der Waals surface area contributed by atoms with Gasteiger partial charge in [0.05, 0.1) is 16.6 Å². The highest BCUT2D eigenvalue weighted by Crippen LogP contribution is 2.30. The molecule has 4 aromatic rings. The van der Waals surface area contributed by atoms with Crippen LogP contribution in [0.5, 0.6) is 0 Å². The lowest BCUT2D eigenvalue weighted by Crippen LogP contribution is -1.99. The van der Waals surface area contributed by atoms with E-state index in [0.717, 1.165) is 46.5 Å². The molecule has 0 saturated carbocycles. The van der Waals surface area contributed by atoms with Crippen molar-refractivity contribution in [3.8, 4) is 11.4 Å². The number of rotatable bonds is 3. The van der Waals surface area contributed by atoms with Crippen molar-refractivity contribution >= 4 is 21.9 Å². The molecule has 0 aliphatic rings. The number of nitrogens with zero attached hydrogens (tertiary/aromatic N) is 3. The van der Waals surface area contributed by atoms with Gasteiger partial charge in [-0.2, -0.15) is 0 Å². The Hall–Kier alpha value is -2.68. The maximum absolute atomic E-state index is 4.88. The van der Waals surface area contributed by atoms with Gasteiger partial charge in [0.2, 0.25) is 0 Å². The van der Waals surface area contributed by atoms with Crippen LogP contribution in [-0.4, -0.2) is 14.5 Å². The Kier molecular flexibility index (Phi) is 3.34. The molecule has 2 aromatic carbocycles. The third-order valence-electron chi connectivity index (χ3n) is 4.35. The quantitative estimate of drug-likeness (QED) is 0.542. The summed E-state index contributed by atoms with van der Waals surface area (Å²) in [5.74, 6) is 1.00. The number of imidazole rings is 1. The second-order valence-corrected chi connectivity index (χ2v) is 5.70. The first-order chi connectivity index (χ1) is 11.3. The first kappa shape index (κ1) is 13.9. The van der Waals surface area contributed by atoms with Crippen LogP contribution in [-0.2, 0) is 13.0 Å². The Bertz CT molecular complexity index is 998. The molecule has 2 heterocycles. The van der Waals surface area contributed by atoms with Gasteiger partial charge < -0.3 is 4.57 Å². The van der Waals surface area contributed by atoms with Gasteiger partial charge in [0.25, 0.3) is 0 Å². The summed E-state index contributed by atoms with van der Waals surface area (Å²) in [5, 5.41) is 1.16. The van der Waals surface area contributed by atoms with Gasteiger partial charge in [-0.15, -0.1) is 0 Å². The molecule has 114 valence electrons. The fraction of sp³-hybridized carbons (Fsp3) is 0.200. The fourth-order valence-electron chi connectivity index (χ4n) is 3.17. The molecule has 0 spiro atoms. The molecular weight excluding hydrogens is 282 g/mol. The van der Waals surface area contributed by atoms with Gasteiger partial charge in [-0.25, -0.2) is 4.98 Å². The van der Waals surface area contributed by atoms with Gasteiger partial charge in [-0.1, -0.05) is 37.3 Å². The van der Waals surface area contributed by atoms with Gasteiger partial charge in [0.15, 0.2) is 0 Å². The highest BCUT2D eigenvalue weighted by atomic mass is 15.1. The van der Waals surface area contributed by atoms with E-state index in [1.54, 1.807) is 0 Å². The Morgan fingerprint density at radius 2 is 1.74 bits per heavy atom. The number of aromatic nitrogens is 3. The SMILES string of the molecule is CCc1ccc2cccc(-c3nc4ccccc4n3CC)c2n1. The zero-order valence-electron chi connectivity index (χ0n) is 13.5. The zero-order valence-corrected chi connectivity index (χ0v) is 13.5. The van der Waals surface area contributed by atoms with Crippen molar-refractivity contribution in [1.82, 2.24) is 14.5 Å². The summed E-state index contributed by atoms with van der Waals surface area (Å²) in [6, 6.07) is 18.9. The Labute approximate surface area is 135 Å². The van der Waals surface area contributed by atoms with Crippen LogP contribution < -0.4 is 0 Å². The summed E-state index contributed by atoms with van der Waals surface area (Å²) in [6.07, 6.45) is 0.939. The van der Waals surface area contributed by atoms with E-state index in [1.165, 1.54) is 5.52 Å². The van der Waals surface area contributed by atoms with Crippen molar-refractivity contribution in [3.63, 3.8) is 0 Å². The minimum atomic E-state index is 0.889. The molecule has 0 fully saturated rings. The summed E-state index contributed by atoms with van der Waals surface area (Å²) in [7, 11) is 0. The molecule has 3 nitrogen and oxygen atoms in total. The summed E-state index contributed by atoms with van der Waals surface area (Å²) in [6.45, 7) is 5.19. The summed E-state index contributed by atoms with van der Waals surface area (Å²) >= 11 is 0. The topological polar surface area (TPSA) is 30.7 Å². The van der Waals surface area contributed by atoms with Gasteiger partial charge in [0, 0.05) is 23.2 Å². The van der Waals surface area contributed by atoms with Crippen LogP contribution in [0.15, 0.2) is 54.6 Å². The fourth-order valence-corrected chi connectivity index (χ4v) is 3.17. The van der Waals surface area contributed by atoms with Gasteiger partial charge in [-0.3, -0.25) is 4.98 Å². The number of para-hydroxylation sites is 3. The van der Waals surface area contributed by atoms with E-state index in [-0.39, 0.29) is 0 Å². The third-order valence-corrected chi connectivity index (χ3v) is 4.35. The molecule has 0 radical (unpaired) electrons. The first-order valence-electron chi connectivity index (χ1n) is 8.16. The molecule has 0 saturated heterocycles. The van der Waals surface area contributed by atoms with Crippen molar-refractivity contribution in [2.24, 2.45) is 0 Å². The first-order valence-corrected chi connectivity index (χ1v) is 8.16. The minimum absolute atomic E-state index is 0.889. The Morgan fingerprint density at radius 1 is 0.870 bits per heavy atom. The van der Waals surface area contributed by atoms with Crippen LogP contribution in [0.3, 0.4) is 0 Å². The standard InChI is InChI=1S/C20H19N3/c1-3-15-13-12-14-8-7-9-16(19(14)21-15)20-22-17-10-5-6-11-18(17)23(20)4-2/h5-13H,3-4H2,1-2H3. The largest absolute Gasteiger partial charge is 0.324 e. The predicted octanol–water partition coefficient (Wildman–Crippen LogP) is 4.83. The van der Waals surface area contributed by atoms with Crippen LogP contribution in [0, 0.1) is 0 Å². The number of benzene rings is 2. The van der Waals surface area contributed by atoms with Gasteiger partial charge in [-0.05, 0) is 37.6 Å². The second-order valence-electron chi connectivity index (χ2n) is 5.70. The zero-order chi connectivity index (χ0) is 15.8. The van der Waals surface area contributed by atoms with Crippen molar-refractivity contribution in [3.05, 3.63) is 60.3 Å². The summed E-state index contributed by atoms with van der Waals surface area (Å²) < 4.78 is 2.27. The highest BCUT2D eigenvalue weighted by molar-refractivity contribution is 5.94. The van der Waals surface area contributed by atoms with Crippen molar-refractivity contribution in [2.45, 2.75) is 26.8 Å². The van der Waals surface area contributed by atoms with Crippen LogP contribution in [0.4, 0.5) is 0 Å². The smallest absolute Gasteiger partial charge is 0.143 e. The number of pyridine rings is 1. The molecule has 0 amide bonds. The molecule has 0 N–H and O–H groups in total. The van der Waals surface area contributed by atoms with E-state index >= 15 is 0 Å². The van der Waals surface area contributed by atoms with E-state index in [2.05, 4.69) is 66.9 Å². The molecule has 0 unspecified atom stereocenters. The summed E-state index contributed by atoms with van der Waals surface area (Å²) in [4.78, 5) is 9.74. The molecule has 3 heteroatoms. The van der Waals surface area contributed by atoms with E-state index in [9.17, 15) is 0 Å². The lowest BCUT2D eigenvalue weighted by molar-refractivity contribution is 0.797. The van der Waals surface area contributed by atoms with Crippen LogP contribution in [0.1, 0.15) is 19.5 Å². The minimum Gasteiger partial charge on any atom is -0.324 e. The van der Waals surface area contributed by atoms with Crippen molar-refractivity contribution < 1.29 is 0 Å². The molecule has 2 aromatic heterocycles.